The van der Waals surface area contributed by atoms with Gasteiger partial charge in [-0.2, -0.15) is 0 Å². The molecular weight excluding hydrogens is 206 g/mol. The minimum Gasteiger partial charge on any atom is -0.350 e. The van der Waals surface area contributed by atoms with Gasteiger partial charge in [-0.1, -0.05) is 0 Å². The number of nitrogens with two attached hydrogens (primary N) is 1. The molecule has 1 saturated heterocycles. The number of amides is 2. The zero-order valence-electron chi connectivity index (χ0n) is 10.4. The molecule has 5 heteroatoms. The number of rotatable bonds is 2. The molecule has 1 fully saturated rings. The molecule has 0 spiro atoms. The van der Waals surface area contributed by atoms with Crippen LogP contribution in [-0.4, -0.2) is 40.9 Å². The first-order valence-electron chi connectivity index (χ1n) is 5.60. The van der Waals surface area contributed by atoms with Crippen molar-refractivity contribution in [2.75, 3.05) is 6.54 Å². The van der Waals surface area contributed by atoms with Gasteiger partial charge in [-0.05, 0) is 34.1 Å². The summed E-state index contributed by atoms with van der Waals surface area (Å²) in [5, 5.41) is 2.86. The Bertz CT molecular complexity index is 296. The van der Waals surface area contributed by atoms with Crippen molar-refractivity contribution in [1.29, 1.82) is 0 Å². The predicted octanol–water partition coefficient (Wildman–Crippen LogP) is -0.151. The van der Waals surface area contributed by atoms with E-state index in [0.29, 0.717) is 13.0 Å². The van der Waals surface area contributed by atoms with Crippen molar-refractivity contribution in [3.05, 3.63) is 0 Å². The summed E-state index contributed by atoms with van der Waals surface area (Å²) in [6.07, 6.45) is 0.631. The average molecular weight is 227 g/mol. The third-order valence-corrected chi connectivity index (χ3v) is 2.63. The highest BCUT2D eigenvalue weighted by Crippen LogP contribution is 2.13. The average Bonchev–Trinajstić information content (AvgIpc) is 2.44. The number of nitrogens with one attached hydrogen (secondary N) is 1. The number of carbonyl (C=O) groups is 2. The highest BCUT2D eigenvalue weighted by Gasteiger charge is 2.35. The van der Waals surface area contributed by atoms with Crippen molar-refractivity contribution in [2.45, 2.75) is 51.7 Å². The molecule has 0 aromatic carbocycles. The molecule has 0 aromatic rings. The van der Waals surface area contributed by atoms with Crippen molar-refractivity contribution < 1.29 is 9.59 Å². The Morgan fingerprint density at radius 1 is 1.56 bits per heavy atom. The Labute approximate surface area is 96.4 Å². The molecule has 16 heavy (non-hydrogen) atoms. The second kappa shape index (κ2) is 4.41. The number of likely N-dealkylation sites (tertiary alicyclic amines) is 1. The Kier molecular flexibility index (Phi) is 3.57. The third-order valence-electron chi connectivity index (χ3n) is 2.63. The van der Waals surface area contributed by atoms with Crippen LogP contribution in [0.4, 0.5) is 0 Å². The van der Waals surface area contributed by atoms with Gasteiger partial charge in [0.15, 0.2) is 0 Å². The lowest BCUT2D eigenvalue weighted by molar-refractivity contribution is -0.138. The van der Waals surface area contributed by atoms with Gasteiger partial charge in [0.2, 0.25) is 11.8 Å². The van der Waals surface area contributed by atoms with Gasteiger partial charge >= 0.3 is 0 Å². The first-order chi connectivity index (χ1) is 7.22. The minimum absolute atomic E-state index is 0.128. The summed E-state index contributed by atoms with van der Waals surface area (Å²) >= 11 is 0. The van der Waals surface area contributed by atoms with E-state index in [4.69, 9.17) is 5.73 Å². The zero-order valence-corrected chi connectivity index (χ0v) is 10.4. The fraction of sp³-hybridized carbons (Fsp3) is 0.818. The molecule has 1 rings (SSSR count). The smallest absolute Gasteiger partial charge is 0.242 e. The summed E-state index contributed by atoms with van der Waals surface area (Å²) in [6.45, 7) is 8.04. The molecule has 5 nitrogen and oxygen atoms in total. The second-order valence-corrected chi connectivity index (χ2v) is 5.34. The zero-order chi connectivity index (χ0) is 12.5. The van der Waals surface area contributed by atoms with Gasteiger partial charge in [0.1, 0.15) is 6.04 Å². The summed E-state index contributed by atoms with van der Waals surface area (Å²) in [7, 11) is 0. The van der Waals surface area contributed by atoms with E-state index in [9.17, 15) is 9.59 Å². The first kappa shape index (κ1) is 13.0. The molecule has 0 saturated carbocycles. The monoisotopic (exact) mass is 227 g/mol. The van der Waals surface area contributed by atoms with Crippen LogP contribution in [0.1, 0.15) is 34.1 Å². The SMILES string of the molecule is CC(C(=O)NC(C)(C)C)N1CCC(N)C1=O. The van der Waals surface area contributed by atoms with Crippen molar-refractivity contribution in [3.8, 4) is 0 Å². The van der Waals surface area contributed by atoms with Crippen molar-refractivity contribution in [1.82, 2.24) is 10.2 Å². The van der Waals surface area contributed by atoms with Crippen LogP contribution < -0.4 is 11.1 Å². The normalized spacial score (nSPS) is 23.4. The molecule has 3 N–H and O–H groups in total. The number of hydrogen-bond donors (Lipinski definition) is 2. The van der Waals surface area contributed by atoms with Crippen LogP contribution in [0.3, 0.4) is 0 Å². The molecule has 0 aromatic heterocycles. The maximum absolute atomic E-state index is 11.9. The van der Waals surface area contributed by atoms with Gasteiger partial charge in [-0.25, -0.2) is 0 Å². The van der Waals surface area contributed by atoms with Crippen LogP contribution in [0, 0.1) is 0 Å². The summed E-state index contributed by atoms with van der Waals surface area (Å²) in [5.41, 5.74) is 5.33. The van der Waals surface area contributed by atoms with E-state index in [1.807, 2.05) is 20.8 Å². The Morgan fingerprint density at radius 2 is 2.12 bits per heavy atom. The fourth-order valence-electron chi connectivity index (χ4n) is 1.72. The van der Waals surface area contributed by atoms with E-state index in [0.717, 1.165) is 0 Å². The molecule has 0 aliphatic carbocycles. The number of nitrogens with zero attached hydrogens (tertiary/aromatic N) is 1. The molecular formula is C11H21N3O2. The lowest BCUT2D eigenvalue weighted by Gasteiger charge is -2.28. The van der Waals surface area contributed by atoms with Gasteiger partial charge in [0.05, 0.1) is 6.04 Å². The van der Waals surface area contributed by atoms with Crippen molar-refractivity contribution in [2.24, 2.45) is 5.73 Å². The van der Waals surface area contributed by atoms with Crippen LogP contribution in [-0.2, 0) is 9.59 Å². The molecule has 1 aliphatic heterocycles. The number of carbonyl (C=O) groups excluding carboxylic acids is 2. The molecule has 0 radical (unpaired) electrons. The highest BCUT2D eigenvalue weighted by molar-refractivity contribution is 5.91. The Balaban J connectivity index is 2.61. The summed E-state index contributed by atoms with van der Waals surface area (Å²) in [4.78, 5) is 25.0. The second-order valence-electron chi connectivity index (χ2n) is 5.34. The van der Waals surface area contributed by atoms with Crippen LogP contribution in [0.25, 0.3) is 0 Å². The van der Waals surface area contributed by atoms with Gasteiger partial charge in [0, 0.05) is 12.1 Å². The van der Waals surface area contributed by atoms with Crippen LogP contribution in [0.15, 0.2) is 0 Å². The molecule has 2 atom stereocenters. The van der Waals surface area contributed by atoms with E-state index < -0.39 is 12.1 Å². The predicted molar refractivity (Wildman–Crippen MR) is 61.7 cm³/mol. The number of hydrogen-bond acceptors (Lipinski definition) is 3. The maximum Gasteiger partial charge on any atom is 0.242 e. The van der Waals surface area contributed by atoms with E-state index >= 15 is 0 Å². The highest BCUT2D eigenvalue weighted by atomic mass is 16.2. The molecule has 2 unspecified atom stereocenters. The van der Waals surface area contributed by atoms with E-state index in [1.54, 1.807) is 11.8 Å². The Morgan fingerprint density at radius 3 is 2.50 bits per heavy atom. The molecule has 92 valence electrons. The first-order valence-corrected chi connectivity index (χ1v) is 5.60. The van der Waals surface area contributed by atoms with Gasteiger partial charge in [-0.15, -0.1) is 0 Å². The third kappa shape index (κ3) is 2.95. The fourth-order valence-corrected chi connectivity index (χ4v) is 1.72. The quantitative estimate of drug-likeness (QED) is 0.689. The van der Waals surface area contributed by atoms with E-state index in [-0.39, 0.29) is 17.4 Å². The lowest BCUT2D eigenvalue weighted by atomic mass is 10.1. The van der Waals surface area contributed by atoms with E-state index in [2.05, 4.69) is 5.32 Å². The topological polar surface area (TPSA) is 75.4 Å². The molecule has 2 amide bonds. The van der Waals surface area contributed by atoms with Crippen LogP contribution in [0.5, 0.6) is 0 Å². The summed E-state index contributed by atoms with van der Waals surface area (Å²) in [5.74, 6) is -0.258. The standard InChI is InChI=1S/C11H21N3O2/c1-7(9(15)13-11(2,3)4)14-6-5-8(12)10(14)16/h7-8H,5-6,12H2,1-4H3,(H,13,15). The molecule has 1 heterocycles. The van der Waals surface area contributed by atoms with Crippen molar-refractivity contribution >= 4 is 11.8 Å². The summed E-state index contributed by atoms with van der Waals surface area (Å²) in [6, 6.07) is -0.884. The lowest BCUT2D eigenvalue weighted by Crippen LogP contribution is -2.52. The largest absolute Gasteiger partial charge is 0.350 e. The van der Waals surface area contributed by atoms with Gasteiger partial charge in [0.25, 0.3) is 0 Å². The molecule has 1 aliphatic rings. The van der Waals surface area contributed by atoms with Gasteiger partial charge < -0.3 is 16.0 Å². The van der Waals surface area contributed by atoms with Gasteiger partial charge in [-0.3, -0.25) is 9.59 Å². The van der Waals surface area contributed by atoms with Crippen LogP contribution in [0.2, 0.25) is 0 Å². The minimum atomic E-state index is -0.444. The Hall–Kier alpha value is -1.10. The summed E-state index contributed by atoms with van der Waals surface area (Å²) < 4.78 is 0. The maximum atomic E-state index is 11.9. The molecule has 0 bridgehead atoms. The van der Waals surface area contributed by atoms with Crippen LogP contribution >= 0.6 is 0 Å². The van der Waals surface area contributed by atoms with Crippen molar-refractivity contribution in [3.63, 3.8) is 0 Å². The van der Waals surface area contributed by atoms with E-state index in [1.165, 1.54) is 0 Å².